The molecule has 1 aliphatic rings. The maximum atomic E-state index is 13.9. The lowest BCUT2D eigenvalue weighted by molar-refractivity contribution is -0.138. The van der Waals surface area contributed by atoms with Gasteiger partial charge in [0.15, 0.2) is 5.16 Å². The smallest absolute Gasteiger partial charge is 0.351 e. The molecule has 0 spiro atoms. The number of nitrogens with zero attached hydrogens (tertiary/aromatic N) is 1. The predicted molar refractivity (Wildman–Crippen MR) is 117 cm³/mol. The van der Waals surface area contributed by atoms with E-state index in [4.69, 9.17) is 20.2 Å². The number of para-hydroxylation sites is 1. The van der Waals surface area contributed by atoms with E-state index in [1.165, 1.54) is 6.92 Å². The Labute approximate surface area is 186 Å². The van der Waals surface area contributed by atoms with Gasteiger partial charge in [-0.05, 0) is 32.9 Å². The lowest BCUT2D eigenvalue weighted by Crippen LogP contribution is -2.51. The van der Waals surface area contributed by atoms with Crippen LogP contribution in [0.25, 0.3) is 0 Å². The average molecular weight is 463 g/mol. The monoisotopic (exact) mass is 463 g/mol. The Morgan fingerprint density at radius 2 is 1.78 bits per heavy atom. The van der Waals surface area contributed by atoms with Crippen LogP contribution in [0.5, 0.6) is 0 Å². The number of nitrogens with one attached hydrogen (secondary N) is 2. The van der Waals surface area contributed by atoms with Gasteiger partial charge in [0, 0.05) is 12.1 Å². The maximum absolute atomic E-state index is 13.9. The highest BCUT2D eigenvalue weighted by molar-refractivity contribution is 7.57. The van der Waals surface area contributed by atoms with Crippen LogP contribution in [-0.2, 0) is 27.9 Å². The number of terminal acetylenes is 1. The van der Waals surface area contributed by atoms with Crippen LogP contribution in [0.4, 0.5) is 10.5 Å². The fourth-order valence-corrected chi connectivity index (χ4v) is 5.79. The molecule has 32 heavy (non-hydrogen) atoms. The molecule has 10 nitrogen and oxygen atoms in total. The number of hydrazine groups is 1. The lowest BCUT2D eigenvalue weighted by Gasteiger charge is -2.34. The molecule has 0 aromatic heterocycles. The molecule has 2 N–H and O–H groups in total. The van der Waals surface area contributed by atoms with E-state index in [-0.39, 0.29) is 24.5 Å². The van der Waals surface area contributed by atoms with E-state index in [1.807, 2.05) is 0 Å². The minimum Gasteiger partial charge on any atom is -0.466 e. The number of methoxy groups -OCH3 is 1. The molecule has 1 aromatic rings. The first-order chi connectivity index (χ1) is 15.2. The van der Waals surface area contributed by atoms with E-state index in [2.05, 4.69) is 16.7 Å². The molecule has 0 radical (unpaired) electrons. The Bertz CT molecular complexity index is 992. The zero-order chi connectivity index (χ0) is 23.9. The van der Waals surface area contributed by atoms with Crippen molar-refractivity contribution < 1.29 is 32.7 Å². The summed E-state index contributed by atoms with van der Waals surface area (Å²) in [7, 11) is -3.23. The van der Waals surface area contributed by atoms with Crippen LogP contribution in [0.2, 0.25) is 0 Å². The van der Waals surface area contributed by atoms with Gasteiger partial charge in [-0.2, -0.15) is 0 Å². The number of carbonyl (C=O) groups excluding carboxylic acids is 3. The molecule has 1 heterocycles. The molecule has 1 atom stereocenters. The third kappa shape index (κ3) is 4.41. The summed E-state index contributed by atoms with van der Waals surface area (Å²) in [6, 6.07) is 7.73. The van der Waals surface area contributed by atoms with Gasteiger partial charge in [0.2, 0.25) is 0 Å². The van der Waals surface area contributed by atoms with Crippen molar-refractivity contribution in [2.24, 2.45) is 0 Å². The number of amides is 3. The summed E-state index contributed by atoms with van der Waals surface area (Å²) < 4.78 is 29.6. The van der Waals surface area contributed by atoms with E-state index in [1.54, 1.807) is 44.2 Å². The molecule has 0 fully saturated rings. The number of urea groups is 1. The van der Waals surface area contributed by atoms with Crippen molar-refractivity contribution in [1.29, 1.82) is 0 Å². The van der Waals surface area contributed by atoms with Gasteiger partial charge in [-0.15, -0.1) is 12.3 Å². The van der Waals surface area contributed by atoms with E-state index in [0.29, 0.717) is 5.69 Å². The summed E-state index contributed by atoms with van der Waals surface area (Å²) in [5.74, 6) is 0.422. The van der Waals surface area contributed by atoms with Crippen molar-refractivity contribution >= 4 is 31.2 Å². The number of benzene rings is 1. The van der Waals surface area contributed by atoms with Crippen molar-refractivity contribution in [2.75, 3.05) is 25.6 Å². The fourth-order valence-electron chi connectivity index (χ4n) is 3.45. The molecule has 11 heteroatoms. The molecule has 2 rings (SSSR count). The Hall–Kier alpha value is -3.12. The number of allylic oxidation sites excluding steroid dienone is 1. The van der Waals surface area contributed by atoms with Crippen LogP contribution in [0.15, 0.2) is 41.6 Å². The van der Waals surface area contributed by atoms with E-state index < -0.39 is 37.1 Å². The van der Waals surface area contributed by atoms with Gasteiger partial charge in [0.1, 0.15) is 0 Å². The van der Waals surface area contributed by atoms with Crippen LogP contribution < -0.4 is 10.7 Å². The Morgan fingerprint density at radius 3 is 2.28 bits per heavy atom. The van der Waals surface area contributed by atoms with E-state index >= 15 is 0 Å². The Kier molecular flexibility index (Phi) is 8.22. The molecule has 3 amide bonds. The summed E-state index contributed by atoms with van der Waals surface area (Å²) in [6.45, 7) is 4.37. The molecular formula is C21H26N3O7P. The predicted octanol–water partition coefficient (Wildman–Crippen LogP) is 3.04. The summed E-state index contributed by atoms with van der Waals surface area (Å²) in [6.07, 6.45) is 5.03. The second kappa shape index (κ2) is 10.5. The first kappa shape index (κ1) is 25.1. The van der Waals surface area contributed by atoms with Crippen LogP contribution in [-0.4, -0.2) is 48.4 Å². The Morgan fingerprint density at radius 1 is 1.19 bits per heavy atom. The van der Waals surface area contributed by atoms with Crippen LogP contribution >= 0.6 is 7.60 Å². The molecule has 1 aromatic carbocycles. The second-order valence-electron chi connectivity index (χ2n) is 6.60. The average Bonchev–Trinajstić information content (AvgIpc) is 2.97. The van der Waals surface area contributed by atoms with Crippen molar-refractivity contribution in [3.63, 3.8) is 0 Å². The number of esters is 1. The second-order valence-corrected chi connectivity index (χ2v) is 8.87. The molecule has 1 unspecified atom stereocenters. The van der Waals surface area contributed by atoms with Crippen molar-refractivity contribution in [2.45, 2.75) is 32.3 Å². The SMILES string of the molecule is C#CCC1(P(=O)(OCC)OCC)C(=O)N(NC(=O)Nc2ccccc2)C(C)=C1C(=O)OC. The third-order valence-electron chi connectivity index (χ3n) is 4.73. The number of carbonyl (C=O) groups is 3. The van der Waals surface area contributed by atoms with Crippen LogP contribution in [0.1, 0.15) is 27.2 Å². The molecule has 0 bridgehead atoms. The summed E-state index contributed by atoms with van der Waals surface area (Å²) in [4.78, 5) is 38.9. The number of hydrogen-bond donors (Lipinski definition) is 2. The minimum absolute atomic E-state index is 0.0139. The molecule has 1 aliphatic heterocycles. The fraction of sp³-hybridized carbons (Fsp3) is 0.381. The quantitative estimate of drug-likeness (QED) is 0.328. The summed E-state index contributed by atoms with van der Waals surface area (Å²) in [5.41, 5.74) is 2.53. The highest BCUT2D eigenvalue weighted by Crippen LogP contribution is 2.67. The van der Waals surface area contributed by atoms with Gasteiger partial charge < -0.3 is 19.1 Å². The standard InChI is InChI=1S/C21H26N3O7P/c1-6-14-21(32(28,30-7-2)31-8-3)17(18(25)29-5)15(4)24(19(21)26)23-20(27)22-16-12-10-9-11-13-16/h1,9-13H,7-8,14H2,2-5H3,(H2,22,23,27). The van der Waals surface area contributed by atoms with Crippen molar-refractivity contribution in [3.8, 4) is 12.3 Å². The number of anilines is 1. The molecule has 172 valence electrons. The van der Waals surface area contributed by atoms with Crippen LogP contribution in [0, 0.1) is 12.3 Å². The van der Waals surface area contributed by atoms with E-state index in [0.717, 1.165) is 12.1 Å². The van der Waals surface area contributed by atoms with Gasteiger partial charge in [-0.3, -0.25) is 9.36 Å². The highest BCUT2D eigenvalue weighted by atomic mass is 31.2. The normalized spacial score (nSPS) is 18.3. The zero-order valence-electron chi connectivity index (χ0n) is 18.3. The lowest BCUT2D eigenvalue weighted by atomic mass is 9.95. The molecule has 0 saturated carbocycles. The minimum atomic E-state index is -4.34. The maximum Gasteiger partial charge on any atom is 0.351 e. The Balaban J connectivity index is 2.58. The number of rotatable bonds is 9. The molecular weight excluding hydrogens is 437 g/mol. The van der Waals surface area contributed by atoms with Crippen molar-refractivity contribution in [3.05, 3.63) is 41.6 Å². The number of ether oxygens (including phenoxy) is 1. The summed E-state index contributed by atoms with van der Waals surface area (Å²) >= 11 is 0. The van der Waals surface area contributed by atoms with Gasteiger partial charge in [-0.1, -0.05) is 18.2 Å². The largest absolute Gasteiger partial charge is 0.466 e. The van der Waals surface area contributed by atoms with Crippen molar-refractivity contribution in [1.82, 2.24) is 10.4 Å². The van der Waals surface area contributed by atoms with Gasteiger partial charge >= 0.3 is 19.6 Å². The third-order valence-corrected chi connectivity index (χ3v) is 7.43. The number of hydrogen-bond acceptors (Lipinski definition) is 7. The highest BCUT2D eigenvalue weighted by Gasteiger charge is 2.67. The van der Waals surface area contributed by atoms with Gasteiger partial charge in [0.25, 0.3) is 5.91 Å². The topological polar surface area (TPSA) is 123 Å². The van der Waals surface area contributed by atoms with Gasteiger partial charge in [-0.25, -0.2) is 20.0 Å². The first-order valence-electron chi connectivity index (χ1n) is 9.81. The van der Waals surface area contributed by atoms with Crippen LogP contribution in [0.3, 0.4) is 0 Å². The summed E-state index contributed by atoms with van der Waals surface area (Å²) in [5, 5.41) is 1.18. The van der Waals surface area contributed by atoms with E-state index in [9.17, 15) is 18.9 Å². The first-order valence-corrected chi connectivity index (χ1v) is 11.4. The zero-order valence-corrected chi connectivity index (χ0v) is 19.2. The molecule has 0 aliphatic carbocycles. The molecule has 0 saturated heterocycles. The van der Waals surface area contributed by atoms with Gasteiger partial charge in [0.05, 0.1) is 31.6 Å².